The van der Waals surface area contributed by atoms with Crippen LogP contribution in [0.3, 0.4) is 0 Å². The summed E-state index contributed by atoms with van der Waals surface area (Å²) in [6, 6.07) is 6.41. The van der Waals surface area contributed by atoms with E-state index in [4.69, 9.17) is 10.5 Å². The van der Waals surface area contributed by atoms with Gasteiger partial charge < -0.3 is 15.6 Å². The fraction of sp³-hybridized carbons (Fsp3) is 0.286. The van der Waals surface area contributed by atoms with Crippen molar-refractivity contribution in [2.45, 2.75) is 19.9 Å². The third-order valence-corrected chi connectivity index (χ3v) is 3.20. The summed E-state index contributed by atoms with van der Waals surface area (Å²) >= 11 is 4.65. The van der Waals surface area contributed by atoms with Gasteiger partial charge in [0.25, 0.3) is 0 Å². The number of aromatic nitrogens is 1. The van der Waals surface area contributed by atoms with Crippen molar-refractivity contribution >= 4 is 39.9 Å². The first-order chi connectivity index (χ1) is 10.5. The molecule has 0 aliphatic heterocycles. The number of fused-ring (bicyclic) bond motifs is 1. The van der Waals surface area contributed by atoms with Gasteiger partial charge in [-0.25, -0.2) is 4.79 Å². The molecule has 1 heterocycles. The van der Waals surface area contributed by atoms with E-state index in [1.54, 1.807) is 38.1 Å². The Morgan fingerprint density at radius 3 is 2.82 bits per heavy atom. The second kappa shape index (κ2) is 6.52. The van der Waals surface area contributed by atoms with Crippen molar-refractivity contribution in [3.63, 3.8) is 0 Å². The molecule has 0 radical (unpaired) electrons. The van der Waals surface area contributed by atoms with Gasteiger partial charge in [0.15, 0.2) is 5.69 Å². The lowest BCUT2D eigenvalue weighted by Gasteiger charge is -2.14. The van der Waals surface area contributed by atoms with Crippen LogP contribution in [0.15, 0.2) is 34.5 Å². The lowest BCUT2D eigenvalue weighted by Crippen LogP contribution is -2.18. The zero-order chi connectivity index (χ0) is 16.3. The molecule has 0 saturated heterocycles. The molecule has 0 saturated carbocycles. The number of rotatable bonds is 4. The molecule has 2 rings (SSSR count). The van der Waals surface area contributed by atoms with Gasteiger partial charge in [0, 0.05) is 5.39 Å². The van der Waals surface area contributed by atoms with E-state index in [-0.39, 0.29) is 23.3 Å². The SMILES string of the molecule is CCOC(=O)[C@@H](C)n1c(O)c(N=NC(N)=S)c2ccccc21. The van der Waals surface area contributed by atoms with Crippen LogP contribution >= 0.6 is 12.2 Å². The molecule has 22 heavy (non-hydrogen) atoms. The topological polar surface area (TPSA) is 102 Å². The van der Waals surface area contributed by atoms with Crippen molar-refractivity contribution in [3.8, 4) is 5.88 Å². The summed E-state index contributed by atoms with van der Waals surface area (Å²) in [6.45, 7) is 3.62. The second-order valence-electron chi connectivity index (χ2n) is 4.53. The Balaban J connectivity index is 2.62. The fourth-order valence-corrected chi connectivity index (χ4v) is 2.23. The molecule has 0 unspecified atom stereocenters. The smallest absolute Gasteiger partial charge is 0.328 e. The van der Waals surface area contributed by atoms with Gasteiger partial charge >= 0.3 is 5.97 Å². The maximum absolute atomic E-state index is 12.0. The molecule has 8 heteroatoms. The summed E-state index contributed by atoms with van der Waals surface area (Å²) in [7, 11) is 0. The molecule has 0 amide bonds. The van der Waals surface area contributed by atoms with E-state index in [1.165, 1.54) is 4.57 Å². The number of benzene rings is 1. The Morgan fingerprint density at radius 2 is 2.18 bits per heavy atom. The molecular formula is C14H16N4O3S. The van der Waals surface area contributed by atoms with Crippen molar-refractivity contribution in [3.05, 3.63) is 24.3 Å². The van der Waals surface area contributed by atoms with Gasteiger partial charge in [0.2, 0.25) is 11.0 Å². The van der Waals surface area contributed by atoms with Crippen LogP contribution in [0.4, 0.5) is 5.69 Å². The van der Waals surface area contributed by atoms with Crippen LogP contribution in [0, 0.1) is 0 Å². The van der Waals surface area contributed by atoms with Crippen LogP contribution in [0.1, 0.15) is 19.9 Å². The average Bonchev–Trinajstić information content (AvgIpc) is 2.76. The minimum Gasteiger partial charge on any atom is -0.493 e. The Kier molecular flexibility index (Phi) is 4.71. The molecule has 0 bridgehead atoms. The Morgan fingerprint density at radius 1 is 1.50 bits per heavy atom. The molecule has 1 atom stereocenters. The van der Waals surface area contributed by atoms with Crippen LogP contribution in [0.2, 0.25) is 0 Å². The number of esters is 1. The van der Waals surface area contributed by atoms with Crippen LogP contribution in [0.25, 0.3) is 10.9 Å². The average molecular weight is 320 g/mol. The summed E-state index contributed by atoms with van der Waals surface area (Å²) in [5, 5.41) is 18.4. The summed E-state index contributed by atoms with van der Waals surface area (Å²) in [6.07, 6.45) is 0. The van der Waals surface area contributed by atoms with Gasteiger partial charge in [-0.1, -0.05) is 18.2 Å². The molecule has 0 aliphatic carbocycles. The number of hydrogen-bond donors (Lipinski definition) is 2. The van der Waals surface area contributed by atoms with Gasteiger partial charge in [-0.2, -0.15) is 0 Å². The maximum atomic E-state index is 12.0. The van der Waals surface area contributed by atoms with Crippen LogP contribution in [-0.2, 0) is 9.53 Å². The zero-order valence-corrected chi connectivity index (χ0v) is 13.0. The normalized spacial score (nSPS) is 12.6. The molecule has 116 valence electrons. The van der Waals surface area contributed by atoms with E-state index in [0.29, 0.717) is 10.9 Å². The third-order valence-electron chi connectivity index (χ3n) is 3.12. The Labute approximate surface area is 132 Å². The minimum atomic E-state index is -0.710. The van der Waals surface area contributed by atoms with Gasteiger partial charge in [-0.05, 0) is 32.1 Å². The number of carbonyl (C=O) groups is 1. The number of aromatic hydroxyl groups is 1. The monoisotopic (exact) mass is 320 g/mol. The number of thiocarbonyl (C=S) groups is 1. The van der Waals surface area contributed by atoms with Crippen molar-refractivity contribution in [1.82, 2.24) is 4.57 Å². The Bertz CT molecular complexity index is 754. The van der Waals surface area contributed by atoms with Crippen LogP contribution < -0.4 is 5.73 Å². The fourth-order valence-electron chi connectivity index (χ4n) is 2.19. The number of azo groups is 1. The largest absolute Gasteiger partial charge is 0.493 e. The molecule has 0 fully saturated rings. The van der Waals surface area contributed by atoms with Crippen molar-refractivity contribution in [1.29, 1.82) is 0 Å². The van der Waals surface area contributed by atoms with E-state index < -0.39 is 12.0 Å². The lowest BCUT2D eigenvalue weighted by molar-refractivity contribution is -0.146. The molecule has 0 spiro atoms. The van der Waals surface area contributed by atoms with E-state index in [2.05, 4.69) is 22.4 Å². The highest BCUT2D eigenvalue weighted by atomic mass is 32.1. The summed E-state index contributed by atoms with van der Waals surface area (Å²) < 4.78 is 6.45. The number of hydrogen-bond acceptors (Lipinski definition) is 5. The highest BCUT2D eigenvalue weighted by molar-refractivity contribution is 7.80. The minimum absolute atomic E-state index is 0.144. The number of para-hydroxylation sites is 1. The number of nitrogens with two attached hydrogens (primary N) is 1. The summed E-state index contributed by atoms with van der Waals surface area (Å²) in [5.74, 6) is -0.641. The van der Waals surface area contributed by atoms with Crippen molar-refractivity contribution in [2.75, 3.05) is 6.61 Å². The van der Waals surface area contributed by atoms with E-state index in [1.807, 2.05) is 0 Å². The lowest BCUT2D eigenvalue weighted by atomic mass is 10.2. The van der Waals surface area contributed by atoms with Gasteiger partial charge in [-0.3, -0.25) is 4.57 Å². The first-order valence-corrected chi connectivity index (χ1v) is 7.07. The highest BCUT2D eigenvalue weighted by Gasteiger charge is 2.25. The predicted octanol–water partition coefficient (Wildman–Crippen LogP) is 2.80. The Hall–Kier alpha value is -2.48. The quantitative estimate of drug-likeness (QED) is 0.512. The molecule has 1 aromatic carbocycles. The molecule has 3 N–H and O–H groups in total. The zero-order valence-electron chi connectivity index (χ0n) is 12.2. The predicted molar refractivity (Wildman–Crippen MR) is 86.2 cm³/mol. The molecule has 2 aromatic rings. The second-order valence-corrected chi connectivity index (χ2v) is 4.94. The molecule has 0 aliphatic rings. The van der Waals surface area contributed by atoms with Gasteiger partial charge in [-0.15, -0.1) is 10.2 Å². The maximum Gasteiger partial charge on any atom is 0.328 e. The standard InChI is InChI=1S/C14H16N4O3S/c1-3-21-13(20)8(2)18-10-7-5-4-6-9(10)11(12(18)19)16-17-14(15)22/h4-8,19H,3H2,1-2H3,(H2,15,22)/t8-/m1/s1. The van der Waals surface area contributed by atoms with Crippen molar-refractivity contribution in [2.24, 2.45) is 16.0 Å². The van der Waals surface area contributed by atoms with Gasteiger partial charge in [0.1, 0.15) is 6.04 Å². The van der Waals surface area contributed by atoms with Gasteiger partial charge in [0.05, 0.1) is 12.1 Å². The van der Waals surface area contributed by atoms with E-state index in [0.717, 1.165) is 0 Å². The van der Waals surface area contributed by atoms with Crippen LogP contribution in [-0.4, -0.2) is 27.4 Å². The van der Waals surface area contributed by atoms with Crippen LogP contribution in [0.5, 0.6) is 5.88 Å². The van der Waals surface area contributed by atoms with E-state index in [9.17, 15) is 9.90 Å². The first-order valence-electron chi connectivity index (χ1n) is 6.67. The third kappa shape index (κ3) is 2.91. The molecule has 7 nitrogen and oxygen atoms in total. The molecule has 1 aromatic heterocycles. The summed E-state index contributed by atoms with van der Waals surface area (Å²) in [4.78, 5) is 12.0. The highest BCUT2D eigenvalue weighted by Crippen LogP contribution is 2.41. The molecular weight excluding hydrogens is 304 g/mol. The number of ether oxygens (including phenoxy) is 1. The first kappa shape index (κ1) is 15.9. The number of nitrogens with zero attached hydrogens (tertiary/aromatic N) is 3. The summed E-state index contributed by atoms with van der Waals surface area (Å²) in [5.41, 5.74) is 6.14. The van der Waals surface area contributed by atoms with E-state index >= 15 is 0 Å². The number of carbonyl (C=O) groups excluding carboxylic acids is 1. The van der Waals surface area contributed by atoms with Crippen molar-refractivity contribution < 1.29 is 14.6 Å².